The molecule has 1 unspecified atom stereocenters. The van der Waals surface area contributed by atoms with E-state index in [1.807, 2.05) is 36.4 Å². The minimum absolute atomic E-state index is 0.0106. The first kappa shape index (κ1) is 16.3. The van der Waals surface area contributed by atoms with E-state index in [1.54, 1.807) is 0 Å². The molecule has 0 aromatic heterocycles. The third kappa shape index (κ3) is 2.80. The Morgan fingerprint density at radius 2 is 1.96 bits per heavy atom. The highest BCUT2D eigenvalue weighted by Gasteiger charge is 2.32. The van der Waals surface area contributed by atoms with Gasteiger partial charge in [0.15, 0.2) is 5.75 Å². The van der Waals surface area contributed by atoms with Crippen molar-refractivity contribution in [2.24, 2.45) is 0 Å². The normalized spacial score (nSPS) is 16.8. The van der Waals surface area contributed by atoms with Crippen LogP contribution in [-0.4, -0.2) is 32.2 Å². The molecule has 1 heterocycles. The van der Waals surface area contributed by atoms with Crippen molar-refractivity contribution in [1.82, 2.24) is 5.32 Å². The van der Waals surface area contributed by atoms with E-state index in [0.717, 1.165) is 23.2 Å². The largest absolute Gasteiger partial charge is 0.493 e. The Hall–Kier alpha value is -2.60. The SMILES string of the molecule is COc1cc2c(c([N+](=O)[O-])c1OC)CCNCC2c1ccccc1. The highest BCUT2D eigenvalue weighted by molar-refractivity contribution is 5.65. The number of hydrogen-bond acceptors (Lipinski definition) is 5. The third-order valence-corrected chi connectivity index (χ3v) is 4.44. The molecule has 0 amide bonds. The van der Waals surface area contributed by atoms with Gasteiger partial charge in [-0.1, -0.05) is 30.3 Å². The molecule has 1 aliphatic heterocycles. The number of nitro groups is 1. The van der Waals surface area contributed by atoms with Gasteiger partial charge in [0.25, 0.3) is 0 Å². The molecule has 2 aromatic carbocycles. The van der Waals surface area contributed by atoms with Gasteiger partial charge in [-0.2, -0.15) is 0 Å². The summed E-state index contributed by atoms with van der Waals surface area (Å²) in [6, 6.07) is 11.9. The second-order valence-corrected chi connectivity index (χ2v) is 5.70. The van der Waals surface area contributed by atoms with Crippen molar-refractivity contribution in [2.75, 3.05) is 27.3 Å². The molecule has 0 radical (unpaired) electrons. The number of nitrogens with one attached hydrogen (secondary N) is 1. The lowest BCUT2D eigenvalue weighted by Gasteiger charge is -2.20. The molecule has 24 heavy (non-hydrogen) atoms. The van der Waals surface area contributed by atoms with Crippen molar-refractivity contribution in [3.05, 3.63) is 63.2 Å². The molecule has 0 saturated carbocycles. The van der Waals surface area contributed by atoms with Crippen LogP contribution in [0.25, 0.3) is 0 Å². The Balaban J connectivity index is 2.26. The van der Waals surface area contributed by atoms with E-state index in [9.17, 15) is 10.1 Å². The Morgan fingerprint density at radius 3 is 2.58 bits per heavy atom. The standard InChI is InChI=1S/C18H20N2O4/c1-23-16-10-14-13(17(20(21)22)18(16)24-2)8-9-19-11-15(14)12-6-4-3-5-7-12/h3-7,10,15,19H,8-9,11H2,1-2H3. The molecule has 6 heteroatoms. The van der Waals surface area contributed by atoms with Gasteiger partial charge in [0.05, 0.1) is 19.1 Å². The lowest BCUT2D eigenvalue weighted by molar-refractivity contribution is -0.386. The molecule has 1 aliphatic rings. The van der Waals surface area contributed by atoms with Crippen molar-refractivity contribution in [1.29, 1.82) is 0 Å². The summed E-state index contributed by atoms with van der Waals surface area (Å²) in [5.41, 5.74) is 2.78. The molecule has 0 bridgehead atoms. The quantitative estimate of drug-likeness (QED) is 0.690. The fourth-order valence-electron chi connectivity index (χ4n) is 3.35. The smallest absolute Gasteiger partial charge is 0.318 e. The molecular weight excluding hydrogens is 308 g/mol. The monoisotopic (exact) mass is 328 g/mol. The zero-order valence-corrected chi connectivity index (χ0v) is 13.7. The van der Waals surface area contributed by atoms with Crippen LogP contribution < -0.4 is 14.8 Å². The summed E-state index contributed by atoms with van der Waals surface area (Å²) in [6.45, 7) is 1.41. The summed E-state index contributed by atoms with van der Waals surface area (Å²) in [5.74, 6) is 0.614. The fourth-order valence-corrected chi connectivity index (χ4v) is 3.35. The molecule has 0 spiro atoms. The van der Waals surface area contributed by atoms with E-state index in [-0.39, 0.29) is 22.3 Å². The number of methoxy groups -OCH3 is 2. The van der Waals surface area contributed by atoms with E-state index >= 15 is 0 Å². The number of nitrogens with zero attached hydrogens (tertiary/aromatic N) is 1. The van der Waals surface area contributed by atoms with Crippen molar-refractivity contribution >= 4 is 5.69 Å². The summed E-state index contributed by atoms with van der Waals surface area (Å²) < 4.78 is 10.7. The van der Waals surface area contributed by atoms with Gasteiger partial charge in [0.2, 0.25) is 5.75 Å². The Morgan fingerprint density at radius 1 is 1.21 bits per heavy atom. The number of ether oxygens (including phenoxy) is 2. The van der Waals surface area contributed by atoms with Crippen molar-refractivity contribution in [2.45, 2.75) is 12.3 Å². The maximum atomic E-state index is 11.7. The van der Waals surface area contributed by atoms with Crippen molar-refractivity contribution < 1.29 is 14.4 Å². The minimum atomic E-state index is -0.368. The Kier molecular flexibility index (Phi) is 4.66. The van der Waals surface area contributed by atoms with E-state index in [4.69, 9.17) is 9.47 Å². The molecule has 6 nitrogen and oxygen atoms in total. The third-order valence-electron chi connectivity index (χ3n) is 4.44. The van der Waals surface area contributed by atoms with E-state index in [1.165, 1.54) is 14.2 Å². The van der Waals surface area contributed by atoms with Gasteiger partial charge in [-0.25, -0.2) is 0 Å². The molecule has 2 aromatic rings. The lowest BCUT2D eigenvalue weighted by atomic mass is 9.87. The molecular formula is C18H20N2O4. The summed E-state index contributed by atoms with van der Waals surface area (Å²) in [6.07, 6.45) is 0.579. The van der Waals surface area contributed by atoms with Crippen LogP contribution in [0.15, 0.2) is 36.4 Å². The van der Waals surface area contributed by atoms with Crippen LogP contribution in [0.4, 0.5) is 5.69 Å². The van der Waals surface area contributed by atoms with Gasteiger partial charge >= 0.3 is 5.69 Å². The summed E-state index contributed by atoms with van der Waals surface area (Å²) in [7, 11) is 2.93. The first-order chi connectivity index (χ1) is 11.7. The van der Waals surface area contributed by atoms with E-state index in [2.05, 4.69) is 5.32 Å². The second-order valence-electron chi connectivity index (χ2n) is 5.70. The van der Waals surface area contributed by atoms with Gasteiger partial charge in [0, 0.05) is 18.0 Å². The topological polar surface area (TPSA) is 73.6 Å². The minimum Gasteiger partial charge on any atom is -0.493 e. The number of nitro benzene ring substituents is 1. The van der Waals surface area contributed by atoms with Crippen molar-refractivity contribution in [3.63, 3.8) is 0 Å². The van der Waals surface area contributed by atoms with E-state index in [0.29, 0.717) is 18.7 Å². The molecule has 1 atom stereocenters. The van der Waals surface area contributed by atoms with Crippen molar-refractivity contribution in [3.8, 4) is 11.5 Å². The van der Waals surface area contributed by atoms with Gasteiger partial charge in [0.1, 0.15) is 0 Å². The lowest BCUT2D eigenvalue weighted by Crippen LogP contribution is -2.20. The molecule has 3 rings (SSSR count). The first-order valence-electron chi connectivity index (χ1n) is 7.85. The molecule has 0 aliphatic carbocycles. The number of benzene rings is 2. The predicted molar refractivity (Wildman–Crippen MR) is 91.1 cm³/mol. The molecule has 0 saturated heterocycles. The molecule has 0 fully saturated rings. The van der Waals surface area contributed by atoms with Crippen LogP contribution in [-0.2, 0) is 6.42 Å². The number of fused-ring (bicyclic) bond motifs is 1. The predicted octanol–water partition coefficient (Wildman–Crippen LogP) is 2.89. The van der Waals surface area contributed by atoms with Crippen LogP contribution in [0, 0.1) is 10.1 Å². The number of rotatable bonds is 4. The summed E-state index contributed by atoms with van der Waals surface area (Å²) in [4.78, 5) is 11.4. The van der Waals surface area contributed by atoms with Gasteiger partial charge in [-0.05, 0) is 30.2 Å². The van der Waals surface area contributed by atoms with Gasteiger partial charge in [-0.15, -0.1) is 0 Å². The molecule has 126 valence electrons. The summed E-state index contributed by atoms with van der Waals surface area (Å²) >= 11 is 0. The average molecular weight is 328 g/mol. The zero-order chi connectivity index (χ0) is 17.1. The highest BCUT2D eigenvalue weighted by atomic mass is 16.6. The first-order valence-corrected chi connectivity index (χ1v) is 7.85. The fraction of sp³-hybridized carbons (Fsp3) is 0.333. The highest BCUT2D eigenvalue weighted by Crippen LogP contribution is 2.45. The van der Waals surface area contributed by atoms with Gasteiger partial charge in [-0.3, -0.25) is 10.1 Å². The Bertz CT molecular complexity index is 746. The number of hydrogen-bond donors (Lipinski definition) is 1. The van der Waals surface area contributed by atoms with Crippen LogP contribution in [0.3, 0.4) is 0 Å². The second kappa shape index (κ2) is 6.88. The zero-order valence-electron chi connectivity index (χ0n) is 13.7. The maximum absolute atomic E-state index is 11.7. The maximum Gasteiger partial charge on any atom is 0.318 e. The van der Waals surface area contributed by atoms with E-state index < -0.39 is 0 Å². The molecule has 1 N–H and O–H groups in total. The van der Waals surface area contributed by atoms with Crippen LogP contribution in [0.5, 0.6) is 11.5 Å². The Labute approximate surface area is 140 Å². The van der Waals surface area contributed by atoms with Crippen LogP contribution in [0.2, 0.25) is 0 Å². The summed E-state index contributed by atoms with van der Waals surface area (Å²) in [5, 5.41) is 15.1. The van der Waals surface area contributed by atoms with Crippen LogP contribution >= 0.6 is 0 Å². The van der Waals surface area contributed by atoms with Crippen LogP contribution in [0.1, 0.15) is 22.6 Å². The van der Waals surface area contributed by atoms with Gasteiger partial charge < -0.3 is 14.8 Å². The average Bonchev–Trinajstić information content (AvgIpc) is 2.82.